The minimum absolute atomic E-state index is 0.0460. The first-order chi connectivity index (χ1) is 11.5. The second-order valence-corrected chi connectivity index (χ2v) is 7.18. The van der Waals surface area contributed by atoms with Gasteiger partial charge in [-0.1, -0.05) is 30.3 Å². The van der Waals surface area contributed by atoms with Gasteiger partial charge in [-0.15, -0.1) is 11.3 Å². The van der Waals surface area contributed by atoms with Crippen molar-refractivity contribution in [2.75, 3.05) is 0 Å². The second kappa shape index (κ2) is 5.46. The third-order valence-corrected chi connectivity index (χ3v) is 5.19. The smallest absolute Gasteiger partial charge is 0.266 e. The number of rotatable bonds is 2. The number of aromatic amines is 1. The molecule has 0 atom stereocenters. The largest absolute Gasteiger partial charge is 0.383 e. The summed E-state index contributed by atoms with van der Waals surface area (Å²) in [5.41, 5.74) is 7.80. The summed E-state index contributed by atoms with van der Waals surface area (Å²) in [6.45, 7) is 3.99. The van der Waals surface area contributed by atoms with Gasteiger partial charge in [0.2, 0.25) is 0 Å². The Labute approximate surface area is 142 Å². The van der Waals surface area contributed by atoms with Crippen molar-refractivity contribution in [3.8, 4) is 0 Å². The number of aromatic nitrogens is 1. The topological polar surface area (TPSA) is 71.2 Å². The molecule has 120 valence electrons. The number of pyridine rings is 1. The molecule has 0 spiro atoms. The van der Waals surface area contributed by atoms with Crippen LogP contribution in [0.2, 0.25) is 0 Å². The fraction of sp³-hybridized carbons (Fsp3) is 0.158. The van der Waals surface area contributed by atoms with Crippen molar-refractivity contribution in [3.63, 3.8) is 0 Å². The predicted molar refractivity (Wildman–Crippen MR) is 103 cm³/mol. The van der Waals surface area contributed by atoms with Crippen LogP contribution < -0.4 is 11.3 Å². The van der Waals surface area contributed by atoms with E-state index in [-0.39, 0.29) is 11.6 Å². The summed E-state index contributed by atoms with van der Waals surface area (Å²) < 4.78 is 1.80. The highest BCUT2D eigenvalue weighted by molar-refractivity contribution is 7.26. The van der Waals surface area contributed by atoms with Crippen molar-refractivity contribution >= 4 is 48.2 Å². The summed E-state index contributed by atoms with van der Waals surface area (Å²) in [6.07, 6.45) is 0. The number of nitrogens with zero attached hydrogens (tertiary/aromatic N) is 1. The summed E-state index contributed by atoms with van der Waals surface area (Å²) in [4.78, 5) is 19.8. The number of benzene rings is 2. The molecule has 5 heteroatoms. The number of para-hydroxylation sites is 1. The Morgan fingerprint density at radius 2 is 1.96 bits per heavy atom. The fourth-order valence-electron chi connectivity index (χ4n) is 3.03. The van der Waals surface area contributed by atoms with Crippen molar-refractivity contribution in [3.05, 3.63) is 58.4 Å². The summed E-state index contributed by atoms with van der Waals surface area (Å²) in [7, 11) is 0. The lowest BCUT2D eigenvalue weighted by molar-refractivity contribution is 0.834. The van der Waals surface area contributed by atoms with Crippen LogP contribution in [-0.4, -0.2) is 16.9 Å². The van der Waals surface area contributed by atoms with Crippen LogP contribution in [0.5, 0.6) is 0 Å². The van der Waals surface area contributed by atoms with Gasteiger partial charge in [-0.05, 0) is 26.0 Å². The number of hydrogen-bond donors (Lipinski definition) is 2. The van der Waals surface area contributed by atoms with Gasteiger partial charge in [-0.3, -0.25) is 9.79 Å². The average molecular weight is 335 g/mol. The molecule has 0 aliphatic rings. The molecule has 0 fully saturated rings. The van der Waals surface area contributed by atoms with Crippen molar-refractivity contribution in [2.24, 2.45) is 10.7 Å². The first kappa shape index (κ1) is 14.9. The number of aliphatic imine (C=N–C) groups is 1. The third-order valence-electron chi connectivity index (χ3n) is 4.03. The minimum Gasteiger partial charge on any atom is -0.383 e. The summed E-state index contributed by atoms with van der Waals surface area (Å²) in [5, 5.41) is 3.16. The monoisotopic (exact) mass is 335 g/mol. The van der Waals surface area contributed by atoms with E-state index in [1.807, 2.05) is 56.3 Å². The minimum atomic E-state index is -0.0460. The second-order valence-electron chi connectivity index (χ2n) is 6.12. The van der Waals surface area contributed by atoms with Gasteiger partial charge in [-0.2, -0.15) is 0 Å². The lowest BCUT2D eigenvalue weighted by Gasteiger charge is -2.04. The molecule has 3 N–H and O–H groups in total. The zero-order valence-electron chi connectivity index (χ0n) is 13.5. The molecule has 0 aliphatic heterocycles. The molecular weight excluding hydrogens is 318 g/mol. The maximum absolute atomic E-state index is 12.4. The quantitative estimate of drug-likeness (QED) is 0.429. The normalized spacial score (nSPS) is 12.7. The molecule has 0 saturated carbocycles. The van der Waals surface area contributed by atoms with Crippen LogP contribution in [0.4, 0.5) is 0 Å². The van der Waals surface area contributed by atoms with Crippen LogP contribution in [0.1, 0.15) is 19.4 Å². The Balaban J connectivity index is 2.07. The van der Waals surface area contributed by atoms with E-state index in [4.69, 9.17) is 5.73 Å². The lowest BCUT2D eigenvalue weighted by Crippen LogP contribution is -2.15. The van der Waals surface area contributed by atoms with Gasteiger partial charge in [0.05, 0.1) is 0 Å². The highest BCUT2D eigenvalue weighted by Gasteiger charge is 2.13. The van der Waals surface area contributed by atoms with Crippen LogP contribution in [-0.2, 0) is 0 Å². The van der Waals surface area contributed by atoms with E-state index < -0.39 is 0 Å². The van der Waals surface area contributed by atoms with Crippen LogP contribution >= 0.6 is 11.3 Å². The molecule has 0 amide bonds. The maximum Gasteiger partial charge on any atom is 0.266 e. The first-order valence-electron chi connectivity index (χ1n) is 7.85. The SMILES string of the molecule is CC(C)N=C(N)c1ccc2c(c1)sc1c(=O)[nH]c3ccccc3c12. The Hall–Kier alpha value is -2.66. The number of H-pyrrole nitrogens is 1. The number of nitrogens with two attached hydrogens (primary N) is 1. The molecule has 2 heterocycles. The molecule has 0 saturated heterocycles. The predicted octanol–water partition coefficient (Wildman–Crippen LogP) is 4.01. The molecule has 4 nitrogen and oxygen atoms in total. The molecule has 0 unspecified atom stereocenters. The number of fused-ring (bicyclic) bond motifs is 5. The standard InChI is InChI=1S/C19H17N3OS/c1-10(2)21-18(20)11-7-8-13-15(9-11)24-17-16(13)12-5-3-4-6-14(12)22-19(17)23/h3-10H,1-2H3,(H2,20,21)(H,22,23). The highest BCUT2D eigenvalue weighted by Crippen LogP contribution is 2.36. The average Bonchev–Trinajstić information content (AvgIpc) is 2.94. The Bertz CT molecular complexity index is 1170. The summed E-state index contributed by atoms with van der Waals surface area (Å²) in [6, 6.07) is 14.1. The van der Waals surface area contributed by atoms with Crippen LogP contribution in [0.25, 0.3) is 31.1 Å². The number of hydrogen-bond acceptors (Lipinski definition) is 3. The van der Waals surface area contributed by atoms with Crippen LogP contribution in [0.15, 0.2) is 52.3 Å². The van der Waals surface area contributed by atoms with E-state index in [0.717, 1.165) is 36.6 Å². The fourth-order valence-corrected chi connectivity index (χ4v) is 4.18. The van der Waals surface area contributed by atoms with E-state index in [9.17, 15) is 4.79 Å². The zero-order chi connectivity index (χ0) is 16.8. The van der Waals surface area contributed by atoms with Gasteiger partial charge in [-0.25, -0.2) is 0 Å². The number of thiophene rings is 1. The van der Waals surface area contributed by atoms with Gasteiger partial charge >= 0.3 is 0 Å². The third kappa shape index (κ3) is 2.29. The Kier molecular flexibility index (Phi) is 3.39. The van der Waals surface area contributed by atoms with E-state index in [0.29, 0.717) is 5.84 Å². The van der Waals surface area contributed by atoms with Crippen molar-refractivity contribution < 1.29 is 0 Å². The van der Waals surface area contributed by atoms with Crippen LogP contribution in [0, 0.1) is 0 Å². The number of nitrogens with one attached hydrogen (secondary N) is 1. The first-order valence-corrected chi connectivity index (χ1v) is 8.67. The van der Waals surface area contributed by atoms with Gasteiger partial charge in [0.25, 0.3) is 5.56 Å². The zero-order valence-corrected chi connectivity index (χ0v) is 14.3. The molecule has 2 aromatic heterocycles. The molecule has 0 radical (unpaired) electrons. The molecule has 4 aromatic rings. The molecule has 0 aliphatic carbocycles. The van der Waals surface area contributed by atoms with Crippen molar-refractivity contribution in [2.45, 2.75) is 19.9 Å². The molecule has 24 heavy (non-hydrogen) atoms. The lowest BCUT2D eigenvalue weighted by atomic mass is 10.1. The molecular formula is C19H17N3OS. The Morgan fingerprint density at radius 3 is 2.75 bits per heavy atom. The van der Waals surface area contributed by atoms with Crippen molar-refractivity contribution in [1.82, 2.24) is 4.98 Å². The maximum atomic E-state index is 12.4. The molecule has 2 aromatic carbocycles. The van der Waals surface area contributed by atoms with Gasteiger partial charge in [0, 0.05) is 38.0 Å². The number of amidine groups is 1. The summed E-state index contributed by atoms with van der Waals surface area (Å²) >= 11 is 1.50. The van der Waals surface area contributed by atoms with E-state index in [2.05, 4.69) is 9.98 Å². The van der Waals surface area contributed by atoms with E-state index in [1.54, 1.807) is 0 Å². The Morgan fingerprint density at radius 1 is 1.17 bits per heavy atom. The van der Waals surface area contributed by atoms with Crippen LogP contribution in [0.3, 0.4) is 0 Å². The van der Waals surface area contributed by atoms with E-state index in [1.165, 1.54) is 11.3 Å². The highest BCUT2D eigenvalue weighted by atomic mass is 32.1. The molecule has 4 rings (SSSR count). The van der Waals surface area contributed by atoms with Gasteiger partial charge in [0.1, 0.15) is 10.5 Å². The summed E-state index contributed by atoms with van der Waals surface area (Å²) in [5.74, 6) is 0.531. The van der Waals surface area contributed by atoms with Gasteiger partial charge in [0.15, 0.2) is 0 Å². The van der Waals surface area contributed by atoms with E-state index >= 15 is 0 Å². The molecule has 0 bridgehead atoms. The van der Waals surface area contributed by atoms with Crippen molar-refractivity contribution in [1.29, 1.82) is 0 Å². The van der Waals surface area contributed by atoms with Gasteiger partial charge < -0.3 is 10.7 Å².